The van der Waals surface area contributed by atoms with Crippen molar-refractivity contribution in [3.63, 3.8) is 0 Å². The molecule has 370 valence electrons. The Balaban J connectivity index is 0.980. The average molecular weight is 982 g/mol. The van der Waals surface area contributed by atoms with Crippen LogP contribution in [-0.2, 0) is 5.41 Å². The van der Waals surface area contributed by atoms with Crippen molar-refractivity contribution in [1.82, 2.24) is 24.7 Å². The molecule has 8 aliphatic rings. The summed E-state index contributed by atoms with van der Waals surface area (Å²) in [6.07, 6.45) is 6.58. The van der Waals surface area contributed by atoms with Gasteiger partial charge < -0.3 is 29.4 Å². The van der Waals surface area contributed by atoms with E-state index in [2.05, 4.69) is 169 Å². The molecule has 0 radical (unpaired) electrons. The maximum atomic E-state index is 5.79. The molecule has 1 spiro atoms. The first-order valence-electron chi connectivity index (χ1n) is 27.7. The van der Waals surface area contributed by atoms with Crippen molar-refractivity contribution in [2.24, 2.45) is 15.0 Å². The Bertz CT molecular complexity index is 3670. The fourth-order valence-electron chi connectivity index (χ4n) is 14.3. The van der Waals surface area contributed by atoms with Crippen LogP contribution in [0.1, 0.15) is 60.8 Å². The standard InChI is InChI=1S/C64H59N11/c1-2-12-42(13-3-1)56-24-18-43-16-17-44-19-25-57(69-60(44)59(43)68-56)51-38-47(75-37-11-34-72-31-8-28-67-63(72)75)41-55-58(51)50-14-4-5-15-52(50)64(55)53-39-45(73-35-9-32-70-29-6-26-65-61(70)73)20-22-48(53)49-23-21-46(40-54(49)64)74-36-10-33-71-30-7-27-66-62(71)74/h1-5,12-25,38-41H,6-11,26-37H2. The quantitative estimate of drug-likeness (QED) is 0.158. The molecule has 0 atom stereocenters. The van der Waals surface area contributed by atoms with E-state index in [1.807, 2.05) is 0 Å². The van der Waals surface area contributed by atoms with Crippen molar-refractivity contribution in [1.29, 1.82) is 0 Å². The Morgan fingerprint density at radius 2 is 0.827 bits per heavy atom. The van der Waals surface area contributed by atoms with Crippen LogP contribution in [0.25, 0.3) is 66.6 Å². The van der Waals surface area contributed by atoms with Crippen LogP contribution < -0.4 is 14.7 Å². The lowest BCUT2D eigenvalue weighted by Crippen LogP contribution is -2.52. The molecule has 75 heavy (non-hydrogen) atoms. The molecular formula is C64H59N11. The van der Waals surface area contributed by atoms with Crippen LogP contribution in [0.3, 0.4) is 0 Å². The second-order valence-electron chi connectivity index (χ2n) is 21.7. The molecule has 0 saturated carbocycles. The number of benzene rings is 6. The van der Waals surface area contributed by atoms with Crippen LogP contribution >= 0.6 is 0 Å². The van der Waals surface area contributed by atoms with Crippen LogP contribution in [0.4, 0.5) is 17.1 Å². The lowest BCUT2D eigenvalue weighted by molar-refractivity contribution is 0.360. The lowest BCUT2D eigenvalue weighted by atomic mass is 9.70. The summed E-state index contributed by atoms with van der Waals surface area (Å²) >= 11 is 0. The molecule has 0 amide bonds. The number of nitrogens with zero attached hydrogens (tertiary/aromatic N) is 11. The average Bonchev–Trinajstić information content (AvgIpc) is 4.07. The number of hydrogen-bond donors (Lipinski definition) is 0. The first-order valence-corrected chi connectivity index (χ1v) is 27.7. The molecular weight excluding hydrogens is 923 g/mol. The monoisotopic (exact) mass is 981 g/mol. The minimum atomic E-state index is -0.666. The Kier molecular flexibility index (Phi) is 9.82. The number of aliphatic imine (C=N–C) groups is 3. The number of rotatable bonds is 5. The molecule has 16 rings (SSSR count). The summed E-state index contributed by atoms with van der Waals surface area (Å²) in [7, 11) is 0. The zero-order valence-electron chi connectivity index (χ0n) is 42.4. The van der Waals surface area contributed by atoms with E-state index in [0.717, 1.165) is 179 Å². The highest BCUT2D eigenvalue weighted by atomic mass is 15.4. The van der Waals surface area contributed by atoms with Crippen LogP contribution in [0, 0.1) is 0 Å². The van der Waals surface area contributed by atoms with Gasteiger partial charge in [0.25, 0.3) is 0 Å². The number of fused-ring (bicyclic) bond motifs is 16. The van der Waals surface area contributed by atoms with Crippen molar-refractivity contribution in [2.75, 3.05) is 93.2 Å². The zero-order valence-corrected chi connectivity index (χ0v) is 42.4. The predicted molar refractivity (Wildman–Crippen MR) is 306 cm³/mol. The van der Waals surface area contributed by atoms with E-state index in [1.165, 1.54) is 61.6 Å². The summed E-state index contributed by atoms with van der Waals surface area (Å²) < 4.78 is 0. The highest BCUT2D eigenvalue weighted by Gasteiger charge is 2.54. The summed E-state index contributed by atoms with van der Waals surface area (Å²) in [5, 5.41) is 2.16. The molecule has 0 N–H and O–H groups in total. The third kappa shape index (κ3) is 6.55. The second-order valence-corrected chi connectivity index (χ2v) is 21.7. The van der Waals surface area contributed by atoms with Gasteiger partial charge in [0.2, 0.25) is 17.9 Å². The van der Waals surface area contributed by atoms with Crippen molar-refractivity contribution in [3.05, 3.63) is 162 Å². The molecule has 11 nitrogen and oxygen atoms in total. The van der Waals surface area contributed by atoms with Crippen molar-refractivity contribution in [3.8, 4) is 44.8 Å². The summed E-state index contributed by atoms with van der Waals surface area (Å²) in [4.78, 5) is 42.0. The Morgan fingerprint density at radius 3 is 1.41 bits per heavy atom. The fourth-order valence-corrected chi connectivity index (χ4v) is 14.3. The van der Waals surface area contributed by atoms with Gasteiger partial charge in [-0.3, -0.25) is 15.0 Å². The molecule has 3 fully saturated rings. The number of anilines is 3. The minimum Gasteiger partial charge on any atom is -0.342 e. The van der Waals surface area contributed by atoms with Gasteiger partial charge in [0.05, 0.1) is 27.8 Å². The van der Waals surface area contributed by atoms with Gasteiger partial charge in [-0.15, -0.1) is 0 Å². The predicted octanol–water partition coefficient (Wildman–Crippen LogP) is 11.3. The fraction of sp³-hybridized carbons (Fsp3) is 0.297. The molecule has 2 aliphatic carbocycles. The highest BCUT2D eigenvalue weighted by Crippen LogP contribution is 2.65. The van der Waals surface area contributed by atoms with E-state index in [0.29, 0.717) is 0 Å². The topological polar surface area (TPSA) is 82.3 Å². The Labute approximate surface area is 438 Å². The Morgan fingerprint density at radius 1 is 0.347 bits per heavy atom. The van der Waals surface area contributed by atoms with Crippen LogP contribution in [0.15, 0.2) is 155 Å². The normalized spacial score (nSPS) is 19.2. The Hall–Kier alpha value is -8.05. The minimum absolute atomic E-state index is 0.666. The van der Waals surface area contributed by atoms with Crippen LogP contribution in [-0.4, -0.2) is 121 Å². The number of aromatic nitrogens is 2. The van der Waals surface area contributed by atoms with Crippen molar-refractivity contribution < 1.29 is 0 Å². The molecule has 6 aromatic carbocycles. The molecule has 2 aromatic heterocycles. The van der Waals surface area contributed by atoms with Crippen molar-refractivity contribution >= 4 is 56.7 Å². The summed E-state index contributed by atoms with van der Waals surface area (Å²) in [5.41, 5.74) is 19.2. The molecule has 6 aliphatic heterocycles. The molecule has 8 heterocycles. The van der Waals surface area contributed by atoms with E-state index >= 15 is 0 Å². The van der Waals surface area contributed by atoms with Gasteiger partial charge in [0.1, 0.15) is 0 Å². The summed E-state index contributed by atoms with van der Waals surface area (Å²) in [6, 6.07) is 52.9. The zero-order chi connectivity index (χ0) is 49.2. The molecule has 3 saturated heterocycles. The van der Waals surface area contributed by atoms with Gasteiger partial charge in [-0.05, 0) is 132 Å². The van der Waals surface area contributed by atoms with E-state index in [-0.39, 0.29) is 0 Å². The second kappa shape index (κ2) is 17.0. The maximum absolute atomic E-state index is 5.79. The SMILES string of the molecule is c1ccc(-c2ccc3ccc4ccc(-c5cc(N6CCCN7CCCN=C76)cc6c5-c5ccccc5C65c6cc(N7CCCN8CCCN=C87)ccc6-c6ccc(N7CCCN8CCCN=C87)cc65)nc4c3n2)cc1. The molecule has 11 heteroatoms. The first-order chi connectivity index (χ1) is 37.2. The summed E-state index contributed by atoms with van der Waals surface area (Å²) in [6.45, 7) is 11.7. The molecule has 0 bridgehead atoms. The lowest BCUT2D eigenvalue weighted by Gasteiger charge is -2.42. The third-order valence-corrected chi connectivity index (χ3v) is 17.6. The van der Waals surface area contributed by atoms with E-state index < -0.39 is 5.41 Å². The first kappa shape index (κ1) is 43.4. The number of guanidine groups is 3. The number of pyridine rings is 2. The van der Waals surface area contributed by atoms with E-state index in [1.54, 1.807) is 0 Å². The molecule has 8 aromatic rings. The smallest absolute Gasteiger partial charge is 0.201 e. The maximum Gasteiger partial charge on any atom is 0.201 e. The van der Waals surface area contributed by atoms with Gasteiger partial charge in [-0.1, -0.05) is 91.0 Å². The van der Waals surface area contributed by atoms with Crippen molar-refractivity contribution in [2.45, 2.75) is 43.9 Å². The van der Waals surface area contributed by atoms with Gasteiger partial charge in [-0.2, -0.15) is 0 Å². The third-order valence-electron chi connectivity index (χ3n) is 17.6. The van der Waals surface area contributed by atoms with Gasteiger partial charge in [0.15, 0.2) is 0 Å². The highest BCUT2D eigenvalue weighted by molar-refractivity contribution is 6.08. The van der Waals surface area contributed by atoms with Crippen LogP contribution in [0.2, 0.25) is 0 Å². The summed E-state index contributed by atoms with van der Waals surface area (Å²) in [5.74, 6) is 3.35. The number of hydrogen-bond acceptors (Lipinski definition) is 11. The molecule has 0 unspecified atom stereocenters. The van der Waals surface area contributed by atoms with E-state index in [4.69, 9.17) is 24.9 Å². The largest absolute Gasteiger partial charge is 0.342 e. The van der Waals surface area contributed by atoms with Crippen LogP contribution in [0.5, 0.6) is 0 Å². The van der Waals surface area contributed by atoms with E-state index in [9.17, 15) is 0 Å². The van der Waals surface area contributed by atoms with Gasteiger partial charge in [0, 0.05) is 117 Å². The van der Waals surface area contributed by atoms with Gasteiger partial charge in [-0.25, -0.2) is 9.97 Å². The van der Waals surface area contributed by atoms with Gasteiger partial charge >= 0.3 is 0 Å².